The Morgan fingerprint density at radius 3 is 2.68 bits per heavy atom. The van der Waals surface area contributed by atoms with Gasteiger partial charge >= 0.3 is 5.97 Å². The van der Waals surface area contributed by atoms with Crippen LogP contribution >= 0.6 is 23.4 Å². The summed E-state index contributed by atoms with van der Waals surface area (Å²) >= 11 is 7.16. The summed E-state index contributed by atoms with van der Waals surface area (Å²) in [5, 5.41) is 9.56. The first kappa shape index (κ1) is 15.7. The first-order valence-electron chi connectivity index (χ1n) is 5.48. The number of carbonyl (C=O) groups excluding carboxylic acids is 1. The number of carboxylic acids is 1. The number of thioether (sulfide) groups is 1. The average Bonchev–Trinajstić information content (AvgIpc) is 2.38. The fourth-order valence-electron chi connectivity index (χ4n) is 1.52. The normalized spacial score (nSPS) is 12.0. The molecule has 6 nitrogen and oxygen atoms in total. The summed E-state index contributed by atoms with van der Waals surface area (Å²) in [7, 11) is 1.42. The van der Waals surface area contributed by atoms with Gasteiger partial charge in [0.25, 0.3) is 5.91 Å². The highest BCUT2D eigenvalue weighted by atomic mass is 35.5. The van der Waals surface area contributed by atoms with E-state index in [-0.39, 0.29) is 10.7 Å². The Kier molecular flexibility index (Phi) is 5.56. The van der Waals surface area contributed by atoms with E-state index < -0.39 is 17.9 Å². The highest BCUT2D eigenvalue weighted by Gasteiger charge is 2.27. The van der Waals surface area contributed by atoms with E-state index in [1.807, 2.05) is 0 Å². The molecule has 19 heavy (non-hydrogen) atoms. The minimum atomic E-state index is -1.06. The Hall–Kier alpha value is -1.34. The molecule has 0 radical (unpaired) electrons. The number of halogens is 1. The highest BCUT2D eigenvalue weighted by Crippen LogP contribution is 2.19. The summed E-state index contributed by atoms with van der Waals surface area (Å²) in [5.74, 6) is -1.59. The lowest BCUT2D eigenvalue weighted by atomic mass is 10.2. The van der Waals surface area contributed by atoms with E-state index in [0.717, 1.165) is 4.90 Å². The topological polar surface area (TPSA) is 83.4 Å². The number of aromatic nitrogens is 2. The number of carbonyl (C=O) groups is 2. The van der Waals surface area contributed by atoms with E-state index in [1.165, 1.54) is 25.0 Å². The predicted octanol–water partition coefficient (Wildman–Crippen LogP) is 1.79. The van der Waals surface area contributed by atoms with Crippen LogP contribution in [-0.2, 0) is 4.79 Å². The summed E-state index contributed by atoms with van der Waals surface area (Å²) in [5.41, 5.74) is 0.0169. The highest BCUT2D eigenvalue weighted by molar-refractivity contribution is 7.98. The molecule has 0 saturated heterocycles. The third-order valence-electron chi connectivity index (χ3n) is 2.57. The molecule has 1 aromatic rings. The average molecular weight is 304 g/mol. The van der Waals surface area contributed by atoms with E-state index in [0.29, 0.717) is 11.6 Å². The molecule has 0 aromatic carbocycles. The smallest absolute Gasteiger partial charge is 0.326 e. The predicted molar refractivity (Wildman–Crippen MR) is 72.6 cm³/mol. The Morgan fingerprint density at radius 1 is 1.58 bits per heavy atom. The zero-order valence-corrected chi connectivity index (χ0v) is 12.3. The molecule has 104 valence electrons. The molecule has 1 N–H and O–H groups in total. The van der Waals surface area contributed by atoms with Gasteiger partial charge in [-0.15, -0.1) is 0 Å². The molecule has 1 amide bonds. The molecule has 0 fully saturated rings. The van der Waals surface area contributed by atoms with Gasteiger partial charge in [0.05, 0.1) is 11.2 Å². The fourth-order valence-corrected chi connectivity index (χ4v) is 2.03. The van der Waals surface area contributed by atoms with Gasteiger partial charge in [0.1, 0.15) is 6.04 Å². The summed E-state index contributed by atoms with van der Waals surface area (Å²) in [6.07, 6.45) is 3.41. The number of hydrogen-bond acceptors (Lipinski definition) is 5. The number of nitrogens with zero attached hydrogens (tertiary/aromatic N) is 3. The molecule has 8 heteroatoms. The van der Waals surface area contributed by atoms with Crippen molar-refractivity contribution in [3.8, 4) is 0 Å². The van der Waals surface area contributed by atoms with Crippen LogP contribution in [-0.4, -0.2) is 51.2 Å². The van der Waals surface area contributed by atoms with E-state index in [4.69, 9.17) is 16.7 Å². The van der Waals surface area contributed by atoms with Crippen molar-refractivity contribution in [3.05, 3.63) is 16.9 Å². The molecule has 0 saturated carbocycles. The zero-order chi connectivity index (χ0) is 14.6. The molecule has 1 heterocycles. The Labute approximate surface area is 120 Å². The Balaban J connectivity index is 3.08. The third kappa shape index (κ3) is 3.57. The van der Waals surface area contributed by atoms with Gasteiger partial charge in [-0.3, -0.25) is 4.79 Å². The molecule has 1 atom stereocenters. The van der Waals surface area contributed by atoms with Crippen molar-refractivity contribution in [1.82, 2.24) is 14.9 Å². The second-order valence-corrected chi connectivity index (χ2v) is 4.91. The molecule has 0 aliphatic rings. The number of likely N-dealkylation sites (N-methyl/N-ethyl adjacent to an activating group) is 1. The maximum Gasteiger partial charge on any atom is 0.326 e. The zero-order valence-electron chi connectivity index (χ0n) is 10.8. The molecule has 1 rings (SSSR count). The first-order chi connectivity index (χ1) is 8.92. The van der Waals surface area contributed by atoms with Crippen molar-refractivity contribution in [3.63, 3.8) is 0 Å². The van der Waals surface area contributed by atoms with Crippen molar-refractivity contribution >= 4 is 35.2 Å². The summed E-state index contributed by atoms with van der Waals surface area (Å²) < 4.78 is 0. The van der Waals surface area contributed by atoms with Gasteiger partial charge < -0.3 is 10.0 Å². The van der Waals surface area contributed by atoms with Crippen molar-refractivity contribution in [2.45, 2.75) is 24.5 Å². The molecule has 1 aromatic heterocycles. The molecular formula is C11H14ClN3O3S. The third-order valence-corrected chi connectivity index (χ3v) is 3.41. The van der Waals surface area contributed by atoms with Gasteiger partial charge in [-0.05, 0) is 12.7 Å². The van der Waals surface area contributed by atoms with Crippen LogP contribution in [0.5, 0.6) is 0 Å². The fraction of sp³-hybridized carbons (Fsp3) is 0.455. The number of rotatable bonds is 5. The van der Waals surface area contributed by atoms with Gasteiger partial charge in [-0.1, -0.05) is 30.3 Å². The van der Waals surface area contributed by atoms with Crippen LogP contribution in [0.4, 0.5) is 0 Å². The van der Waals surface area contributed by atoms with Crippen molar-refractivity contribution in [1.29, 1.82) is 0 Å². The SMILES string of the molecule is CCC(C(=O)O)N(C)C(=O)c1nc(SC)ncc1Cl. The maximum absolute atomic E-state index is 12.2. The van der Waals surface area contributed by atoms with Crippen LogP contribution in [0.2, 0.25) is 5.02 Å². The van der Waals surface area contributed by atoms with E-state index in [9.17, 15) is 9.59 Å². The lowest BCUT2D eigenvalue weighted by Gasteiger charge is -2.23. The van der Waals surface area contributed by atoms with Crippen LogP contribution in [0.1, 0.15) is 23.8 Å². The van der Waals surface area contributed by atoms with Crippen LogP contribution in [0, 0.1) is 0 Å². The van der Waals surface area contributed by atoms with Crippen LogP contribution < -0.4 is 0 Å². The molecule has 0 aliphatic heterocycles. The monoisotopic (exact) mass is 303 g/mol. The van der Waals surface area contributed by atoms with Gasteiger partial charge in [0.2, 0.25) is 0 Å². The number of hydrogen-bond donors (Lipinski definition) is 1. The van der Waals surface area contributed by atoms with Gasteiger partial charge in [-0.25, -0.2) is 14.8 Å². The lowest BCUT2D eigenvalue weighted by molar-refractivity contribution is -0.142. The van der Waals surface area contributed by atoms with Crippen LogP contribution in [0.15, 0.2) is 11.4 Å². The van der Waals surface area contributed by atoms with Crippen LogP contribution in [0.3, 0.4) is 0 Å². The Morgan fingerprint density at radius 2 is 2.21 bits per heavy atom. The summed E-state index contributed by atoms with van der Waals surface area (Å²) in [6.45, 7) is 1.69. The number of aliphatic carboxylic acids is 1. The van der Waals surface area contributed by atoms with Gasteiger partial charge in [0, 0.05) is 7.05 Å². The van der Waals surface area contributed by atoms with Crippen molar-refractivity contribution in [2.75, 3.05) is 13.3 Å². The largest absolute Gasteiger partial charge is 0.480 e. The van der Waals surface area contributed by atoms with Crippen molar-refractivity contribution in [2.24, 2.45) is 0 Å². The number of carboxylic acid groups (broad SMARTS) is 1. The minimum Gasteiger partial charge on any atom is -0.480 e. The first-order valence-corrected chi connectivity index (χ1v) is 7.09. The van der Waals surface area contributed by atoms with E-state index in [1.54, 1.807) is 13.2 Å². The molecule has 0 aliphatic carbocycles. The van der Waals surface area contributed by atoms with Gasteiger partial charge in [-0.2, -0.15) is 0 Å². The Bertz CT molecular complexity index is 498. The summed E-state index contributed by atoms with van der Waals surface area (Å²) in [6, 6.07) is -0.906. The minimum absolute atomic E-state index is 0.0169. The van der Waals surface area contributed by atoms with Crippen LogP contribution in [0.25, 0.3) is 0 Å². The quantitative estimate of drug-likeness (QED) is 0.659. The maximum atomic E-state index is 12.2. The van der Waals surface area contributed by atoms with E-state index >= 15 is 0 Å². The second-order valence-electron chi connectivity index (χ2n) is 3.73. The lowest BCUT2D eigenvalue weighted by Crippen LogP contribution is -2.42. The summed E-state index contributed by atoms with van der Waals surface area (Å²) in [4.78, 5) is 32.4. The van der Waals surface area contributed by atoms with E-state index in [2.05, 4.69) is 9.97 Å². The number of amides is 1. The molecular weight excluding hydrogens is 290 g/mol. The van der Waals surface area contributed by atoms with Gasteiger partial charge in [0.15, 0.2) is 10.9 Å². The van der Waals surface area contributed by atoms with Crippen molar-refractivity contribution < 1.29 is 14.7 Å². The molecule has 0 spiro atoms. The standard InChI is InChI=1S/C11H14ClN3O3S/c1-4-7(10(17)18)15(2)9(16)8-6(12)5-13-11(14-8)19-3/h5,7H,4H2,1-3H3,(H,17,18). The molecule has 0 bridgehead atoms. The second kappa shape index (κ2) is 6.72. The molecule has 1 unspecified atom stereocenters.